The number of rotatable bonds is 7. The number of carboxylic acids is 2. The predicted octanol–water partition coefficient (Wildman–Crippen LogP) is 5.59. The highest BCUT2D eigenvalue weighted by atomic mass is 32.2. The quantitative estimate of drug-likeness (QED) is 0.334. The Morgan fingerprint density at radius 2 is 1.52 bits per heavy atom. The summed E-state index contributed by atoms with van der Waals surface area (Å²) in [4.78, 5) is 23.2. The molecule has 0 amide bonds. The lowest BCUT2D eigenvalue weighted by atomic mass is 9.90. The number of hydrogen-bond acceptors (Lipinski definition) is 5. The summed E-state index contributed by atoms with van der Waals surface area (Å²) in [6, 6.07) is 21.8. The van der Waals surface area contributed by atoms with E-state index in [1.165, 1.54) is 17.7 Å². The fourth-order valence-electron chi connectivity index (χ4n) is 4.44. The number of aliphatic carboxylic acids is 1. The fourth-order valence-corrected chi connectivity index (χ4v) is 5.74. The molecule has 3 aromatic rings. The van der Waals surface area contributed by atoms with Crippen molar-refractivity contribution in [3.8, 4) is 0 Å². The van der Waals surface area contributed by atoms with Crippen LogP contribution in [0.25, 0.3) is 0 Å². The lowest BCUT2D eigenvalue weighted by molar-refractivity contribution is -0.192. The van der Waals surface area contributed by atoms with E-state index < -0.39 is 28.1 Å². The predicted molar refractivity (Wildman–Crippen MR) is 144 cm³/mol. The molecule has 214 valence electrons. The number of anilines is 2. The Morgan fingerprint density at radius 3 is 2.08 bits per heavy atom. The molecule has 0 radical (unpaired) electrons. The second-order valence-electron chi connectivity index (χ2n) is 9.33. The number of carbonyl (C=O) groups is 2. The summed E-state index contributed by atoms with van der Waals surface area (Å²) in [6.45, 7) is 3.26. The molecule has 0 spiro atoms. The van der Waals surface area contributed by atoms with Crippen molar-refractivity contribution in [1.82, 2.24) is 0 Å². The maximum absolute atomic E-state index is 12.8. The second kappa shape index (κ2) is 12.9. The van der Waals surface area contributed by atoms with E-state index in [2.05, 4.69) is 33.9 Å². The lowest BCUT2D eigenvalue weighted by Gasteiger charge is -2.34. The molecule has 8 nitrogen and oxygen atoms in total. The van der Waals surface area contributed by atoms with Crippen LogP contribution in [0.4, 0.5) is 24.5 Å². The minimum Gasteiger partial charge on any atom is -0.478 e. The fraction of sp³-hybridized carbons (Fsp3) is 0.286. The number of aromatic carboxylic acids is 1. The van der Waals surface area contributed by atoms with E-state index in [-0.39, 0.29) is 16.1 Å². The monoisotopic (exact) mass is 578 g/mol. The average molecular weight is 579 g/mol. The molecule has 3 N–H and O–H groups in total. The molecule has 4 rings (SSSR count). The molecule has 0 aromatic heterocycles. The minimum atomic E-state index is -5.08. The zero-order valence-corrected chi connectivity index (χ0v) is 22.4. The average Bonchev–Trinajstić information content (AvgIpc) is 2.89. The maximum atomic E-state index is 12.8. The van der Waals surface area contributed by atoms with Gasteiger partial charge in [0.2, 0.25) is 0 Å². The lowest BCUT2D eigenvalue weighted by Crippen LogP contribution is -2.35. The molecule has 0 unspecified atom stereocenters. The molecule has 0 bridgehead atoms. The number of alkyl halides is 3. The molecule has 1 heterocycles. The van der Waals surface area contributed by atoms with Crippen LogP contribution < -0.4 is 9.62 Å². The number of halogens is 3. The van der Waals surface area contributed by atoms with Gasteiger partial charge in [0.1, 0.15) is 0 Å². The van der Waals surface area contributed by atoms with Gasteiger partial charge < -0.3 is 15.1 Å². The zero-order valence-electron chi connectivity index (χ0n) is 21.6. The number of hydrogen-bond donors (Lipinski definition) is 3. The minimum absolute atomic E-state index is 0.0986. The smallest absolute Gasteiger partial charge is 0.478 e. The topological polar surface area (TPSA) is 124 Å². The van der Waals surface area contributed by atoms with Crippen LogP contribution in [0.15, 0.2) is 77.7 Å². The number of sulfonamides is 1. The van der Waals surface area contributed by atoms with Crippen molar-refractivity contribution in [3.05, 3.63) is 89.5 Å². The molecule has 0 aliphatic carbocycles. The van der Waals surface area contributed by atoms with Crippen molar-refractivity contribution in [2.45, 2.75) is 37.3 Å². The zero-order chi connectivity index (χ0) is 29.5. The summed E-state index contributed by atoms with van der Waals surface area (Å²) in [6.07, 6.45) is -2.09. The van der Waals surface area contributed by atoms with Crippen LogP contribution >= 0.6 is 0 Å². The molecule has 40 heavy (non-hydrogen) atoms. The molecule has 1 saturated heterocycles. The van der Waals surface area contributed by atoms with Gasteiger partial charge in [-0.3, -0.25) is 4.72 Å². The van der Waals surface area contributed by atoms with Crippen LogP contribution in [0.1, 0.15) is 34.3 Å². The van der Waals surface area contributed by atoms with Crippen LogP contribution in [0.3, 0.4) is 0 Å². The van der Waals surface area contributed by atoms with Gasteiger partial charge in [-0.1, -0.05) is 48.5 Å². The van der Waals surface area contributed by atoms with E-state index in [9.17, 15) is 31.5 Å². The van der Waals surface area contributed by atoms with E-state index in [1.807, 2.05) is 6.07 Å². The Labute approximate surface area is 230 Å². The SMILES string of the molecule is Cc1ccccc1S(=O)(=O)Nc1ccc(N2CCC(Cc3ccccc3)CC2)c(C(=O)O)c1.O=C(O)C(F)(F)F. The Kier molecular flexibility index (Phi) is 9.80. The van der Waals surface area contributed by atoms with Gasteiger partial charge in [-0.25, -0.2) is 18.0 Å². The molecule has 1 aliphatic rings. The van der Waals surface area contributed by atoms with Gasteiger partial charge in [0, 0.05) is 18.8 Å². The van der Waals surface area contributed by atoms with E-state index in [0.717, 1.165) is 32.4 Å². The summed E-state index contributed by atoms with van der Waals surface area (Å²) in [7, 11) is -3.82. The number of nitrogens with zero attached hydrogens (tertiary/aromatic N) is 1. The van der Waals surface area contributed by atoms with Crippen LogP contribution in [0, 0.1) is 12.8 Å². The molecule has 1 fully saturated rings. The number of carboxylic acid groups (broad SMARTS) is 2. The van der Waals surface area contributed by atoms with Crippen LogP contribution in [-0.4, -0.2) is 49.8 Å². The van der Waals surface area contributed by atoms with Gasteiger partial charge in [-0.2, -0.15) is 13.2 Å². The highest BCUT2D eigenvalue weighted by Crippen LogP contribution is 2.31. The first-order chi connectivity index (χ1) is 18.8. The van der Waals surface area contributed by atoms with Gasteiger partial charge in [0.25, 0.3) is 10.0 Å². The first-order valence-electron chi connectivity index (χ1n) is 12.3. The first kappa shape index (κ1) is 30.5. The van der Waals surface area contributed by atoms with Gasteiger partial charge >= 0.3 is 18.1 Å². The van der Waals surface area contributed by atoms with Crippen LogP contribution in [0.2, 0.25) is 0 Å². The summed E-state index contributed by atoms with van der Waals surface area (Å²) in [5.74, 6) is -3.27. The molecular weight excluding hydrogens is 549 g/mol. The number of piperidine rings is 1. The van der Waals surface area contributed by atoms with Crippen molar-refractivity contribution < 1.29 is 41.4 Å². The maximum Gasteiger partial charge on any atom is 0.490 e. The third-order valence-corrected chi connectivity index (χ3v) is 7.97. The van der Waals surface area contributed by atoms with Crippen molar-refractivity contribution in [3.63, 3.8) is 0 Å². The van der Waals surface area contributed by atoms with Crippen molar-refractivity contribution in [2.24, 2.45) is 5.92 Å². The summed E-state index contributed by atoms with van der Waals surface area (Å²) in [5, 5.41) is 16.9. The van der Waals surface area contributed by atoms with Gasteiger partial charge in [0.15, 0.2) is 0 Å². The number of nitrogens with one attached hydrogen (secondary N) is 1. The Bertz CT molecular complexity index is 1440. The third-order valence-electron chi connectivity index (χ3n) is 6.43. The highest BCUT2D eigenvalue weighted by Gasteiger charge is 2.38. The van der Waals surface area contributed by atoms with Gasteiger partial charge in [-0.15, -0.1) is 0 Å². The van der Waals surface area contributed by atoms with Crippen molar-refractivity contribution >= 4 is 33.3 Å². The van der Waals surface area contributed by atoms with Crippen LogP contribution in [0.5, 0.6) is 0 Å². The second-order valence-corrected chi connectivity index (χ2v) is 11.0. The first-order valence-corrected chi connectivity index (χ1v) is 13.8. The summed E-state index contributed by atoms with van der Waals surface area (Å²) in [5.41, 5.74) is 2.91. The van der Waals surface area contributed by atoms with Gasteiger partial charge in [0.05, 0.1) is 16.1 Å². The van der Waals surface area contributed by atoms with E-state index in [4.69, 9.17) is 9.90 Å². The van der Waals surface area contributed by atoms with Crippen molar-refractivity contribution in [1.29, 1.82) is 0 Å². The molecule has 1 aliphatic heterocycles. The molecular formula is C28H29F3N2O6S. The number of benzene rings is 3. The van der Waals surface area contributed by atoms with Crippen LogP contribution in [-0.2, 0) is 21.2 Å². The molecule has 12 heteroatoms. The van der Waals surface area contributed by atoms with E-state index >= 15 is 0 Å². The Hall–Kier alpha value is -4.06. The normalized spacial score (nSPS) is 14.2. The van der Waals surface area contributed by atoms with Crippen molar-refractivity contribution in [2.75, 3.05) is 22.7 Å². The largest absolute Gasteiger partial charge is 0.490 e. The Morgan fingerprint density at radius 1 is 0.950 bits per heavy atom. The molecule has 0 atom stereocenters. The highest BCUT2D eigenvalue weighted by molar-refractivity contribution is 7.92. The Balaban J connectivity index is 0.000000559. The molecule has 0 saturated carbocycles. The summed E-state index contributed by atoms with van der Waals surface area (Å²) < 4.78 is 59.9. The molecule has 3 aromatic carbocycles. The van der Waals surface area contributed by atoms with Gasteiger partial charge in [-0.05, 0) is 67.5 Å². The number of aryl methyl sites for hydroxylation is 1. The third kappa shape index (κ3) is 8.22. The van der Waals surface area contributed by atoms with E-state index in [0.29, 0.717) is 17.2 Å². The van der Waals surface area contributed by atoms with E-state index in [1.54, 1.807) is 37.3 Å². The standard InChI is InChI=1S/C26H28N2O4S.C2HF3O2/c1-19-7-5-6-10-25(19)33(31,32)27-22-11-12-24(23(18-22)26(29)30)28-15-13-21(14-16-28)17-20-8-3-2-4-9-20;3-2(4,5)1(6)7/h2-12,18,21,27H,13-17H2,1H3,(H,29,30);(H,6,7). The summed E-state index contributed by atoms with van der Waals surface area (Å²) >= 11 is 0.